The Bertz CT molecular complexity index is 1280. The Hall–Kier alpha value is -4.48. The zero-order chi connectivity index (χ0) is 35.9. The number of anilines is 1. The van der Waals surface area contributed by atoms with E-state index >= 15 is 0 Å². The fraction of sp³-hybridized carbons (Fsp3) is 0.600. The predicted molar refractivity (Wildman–Crippen MR) is 186 cm³/mol. The Labute approximate surface area is 291 Å². The van der Waals surface area contributed by atoms with Gasteiger partial charge in [0.05, 0.1) is 11.5 Å². The average Bonchev–Trinajstić information content (AvgIpc) is 2.94. The second-order valence-corrected chi connectivity index (χ2v) is 12.6. The summed E-state index contributed by atoms with van der Waals surface area (Å²) >= 11 is 0. The van der Waals surface area contributed by atoms with Crippen LogP contribution in [0.1, 0.15) is 67.7 Å². The van der Waals surface area contributed by atoms with Gasteiger partial charge in [-0.15, -0.1) is 17.0 Å². The zero-order valence-corrected chi connectivity index (χ0v) is 30.2. The number of halogens is 1. The zero-order valence-electron chi connectivity index (χ0n) is 28.5. The molecule has 0 aliphatic heterocycles. The molecule has 1 aromatic carbocycles. The molecule has 9 N–H and O–H groups in total. The van der Waals surface area contributed by atoms with Gasteiger partial charge in [-0.2, -0.15) is 0 Å². The number of benzene rings is 1. The number of non-ortho nitro benzene ring substituents is 1. The largest absolute Gasteiger partial charge is 0.444 e. The topological polar surface area (TPSA) is 262 Å². The van der Waals surface area contributed by atoms with Gasteiger partial charge in [-0.3, -0.25) is 34.3 Å². The van der Waals surface area contributed by atoms with E-state index in [4.69, 9.17) is 16.2 Å². The van der Waals surface area contributed by atoms with Crippen molar-refractivity contribution in [3.63, 3.8) is 0 Å². The van der Waals surface area contributed by atoms with Gasteiger partial charge in [0.15, 0.2) is 5.96 Å². The molecule has 0 fully saturated rings. The molecule has 0 saturated carbocycles. The number of carbonyl (C=O) groups is 5. The molecule has 3 atom stereocenters. The summed E-state index contributed by atoms with van der Waals surface area (Å²) in [6.07, 6.45) is -0.0950. The number of alkyl carbamates (subject to hydrolysis) is 1. The molecule has 17 nitrogen and oxygen atoms in total. The molecule has 0 spiro atoms. The highest BCUT2D eigenvalue weighted by atomic mass is 79.9. The molecule has 270 valence electrons. The lowest BCUT2D eigenvalue weighted by Gasteiger charge is -2.27. The third-order valence-corrected chi connectivity index (χ3v) is 6.33. The molecule has 0 bridgehead atoms. The van der Waals surface area contributed by atoms with E-state index in [1.54, 1.807) is 34.6 Å². The van der Waals surface area contributed by atoms with Crippen molar-refractivity contribution in [3.8, 4) is 0 Å². The number of hydrogen-bond donors (Lipinski definition) is 7. The van der Waals surface area contributed by atoms with Crippen LogP contribution in [0, 0.1) is 22.0 Å². The minimum Gasteiger partial charge on any atom is -0.444 e. The summed E-state index contributed by atoms with van der Waals surface area (Å²) in [7, 11) is 0. The Morgan fingerprint density at radius 2 is 1.52 bits per heavy atom. The maximum absolute atomic E-state index is 13.2. The molecule has 18 heteroatoms. The normalized spacial score (nSPS) is 12.8. The van der Waals surface area contributed by atoms with Crippen molar-refractivity contribution in [2.45, 2.75) is 91.5 Å². The molecule has 0 aliphatic carbocycles. The molecule has 0 heterocycles. The van der Waals surface area contributed by atoms with Crippen LogP contribution in [0.15, 0.2) is 29.3 Å². The lowest BCUT2D eigenvalue weighted by Crippen LogP contribution is -2.57. The second-order valence-electron chi connectivity index (χ2n) is 12.6. The minimum atomic E-state index is -1.07. The van der Waals surface area contributed by atoms with Crippen LogP contribution in [0.3, 0.4) is 0 Å². The van der Waals surface area contributed by atoms with Crippen LogP contribution in [-0.2, 0) is 23.9 Å². The average molecular weight is 745 g/mol. The molecule has 0 saturated heterocycles. The third-order valence-electron chi connectivity index (χ3n) is 6.33. The summed E-state index contributed by atoms with van der Waals surface area (Å²) in [4.78, 5) is 78.8. The first-order valence-electron chi connectivity index (χ1n) is 15.3. The molecule has 0 radical (unpaired) electrons. The van der Waals surface area contributed by atoms with Crippen molar-refractivity contribution < 1.29 is 33.6 Å². The summed E-state index contributed by atoms with van der Waals surface area (Å²) in [5.74, 6) is -3.02. The fourth-order valence-corrected chi connectivity index (χ4v) is 4.14. The number of amides is 5. The quantitative estimate of drug-likeness (QED) is 0.0400. The minimum absolute atomic E-state index is 0. The Morgan fingerprint density at radius 1 is 0.917 bits per heavy atom. The predicted octanol–water partition coefficient (Wildman–Crippen LogP) is 1.85. The number of aliphatic imine (C=N–C) groups is 1. The van der Waals surface area contributed by atoms with Crippen molar-refractivity contribution in [3.05, 3.63) is 34.4 Å². The van der Waals surface area contributed by atoms with Crippen LogP contribution in [0.25, 0.3) is 0 Å². The summed E-state index contributed by atoms with van der Waals surface area (Å²) in [5, 5.41) is 23.8. The number of carbonyl (C=O) groups excluding carboxylic acids is 5. The highest BCUT2D eigenvalue weighted by Gasteiger charge is 2.31. The molecule has 0 aromatic heterocycles. The lowest BCUT2D eigenvalue weighted by molar-refractivity contribution is -0.384. The van der Waals surface area contributed by atoms with Gasteiger partial charge in [0.1, 0.15) is 23.7 Å². The van der Waals surface area contributed by atoms with Crippen molar-refractivity contribution in [2.24, 2.45) is 28.3 Å². The second kappa shape index (κ2) is 20.7. The number of nitro benzene ring substituents is 1. The van der Waals surface area contributed by atoms with Crippen LogP contribution >= 0.6 is 17.0 Å². The number of nitrogens with zero attached hydrogens (tertiary/aromatic N) is 2. The maximum Gasteiger partial charge on any atom is 0.408 e. The number of guanidine groups is 1. The summed E-state index contributed by atoms with van der Waals surface area (Å²) in [5.41, 5.74) is 10.0. The maximum atomic E-state index is 13.2. The van der Waals surface area contributed by atoms with E-state index in [0.717, 1.165) is 0 Å². The number of rotatable bonds is 17. The van der Waals surface area contributed by atoms with Crippen LogP contribution in [0.2, 0.25) is 0 Å². The monoisotopic (exact) mass is 743 g/mol. The van der Waals surface area contributed by atoms with Gasteiger partial charge in [-0.25, -0.2) is 4.79 Å². The number of nitro groups is 1. The van der Waals surface area contributed by atoms with Crippen LogP contribution in [-0.4, -0.2) is 77.4 Å². The molecule has 5 amide bonds. The Morgan fingerprint density at radius 3 is 2.02 bits per heavy atom. The first-order chi connectivity index (χ1) is 21.8. The van der Waals surface area contributed by atoms with E-state index in [1.807, 2.05) is 13.8 Å². The molecule has 1 aromatic rings. The van der Waals surface area contributed by atoms with Crippen molar-refractivity contribution in [1.29, 1.82) is 0 Å². The summed E-state index contributed by atoms with van der Waals surface area (Å²) in [6.45, 7) is 11.9. The highest BCUT2D eigenvalue weighted by Crippen LogP contribution is 2.16. The van der Waals surface area contributed by atoms with Gasteiger partial charge in [0, 0.05) is 24.4 Å². The van der Waals surface area contributed by atoms with Gasteiger partial charge in [0.25, 0.3) is 5.69 Å². The smallest absolute Gasteiger partial charge is 0.408 e. The first kappa shape index (κ1) is 43.5. The van der Waals surface area contributed by atoms with Crippen LogP contribution in [0.4, 0.5) is 16.2 Å². The van der Waals surface area contributed by atoms with E-state index in [2.05, 4.69) is 31.6 Å². The Kier molecular flexibility index (Phi) is 18.8. The van der Waals surface area contributed by atoms with Crippen LogP contribution in [0.5, 0.6) is 0 Å². The molecule has 0 aliphatic rings. The van der Waals surface area contributed by atoms with E-state index < -0.39 is 64.9 Å². The molecule has 48 heavy (non-hydrogen) atoms. The van der Waals surface area contributed by atoms with Gasteiger partial charge in [0.2, 0.25) is 23.6 Å². The number of hydrogen-bond acceptors (Lipinski definition) is 9. The van der Waals surface area contributed by atoms with E-state index in [-0.39, 0.29) is 65.5 Å². The standard InChI is InChI=1S/C30H49N9O8.BrH/c1-17(2)15-22(37-27(43)24(18(3)4)38-29(44)47-30(5,6)7)25(41)34-16-23(40)36-21(9-8-14-33-28(31)32)26(42)35-19-10-12-20(13-11-19)39(45)46;/h10-13,17-18,21-22,24H,8-9,14-16H2,1-7H3,(H,34,41)(H,35,42)(H,36,40)(H,37,43)(H,38,44)(H4,31,32,33);1H. The summed E-state index contributed by atoms with van der Waals surface area (Å²) in [6, 6.07) is 2.06. The molecule has 3 unspecified atom stereocenters. The summed E-state index contributed by atoms with van der Waals surface area (Å²) < 4.78 is 5.26. The van der Waals surface area contributed by atoms with E-state index in [9.17, 15) is 34.1 Å². The van der Waals surface area contributed by atoms with Crippen molar-refractivity contribution in [2.75, 3.05) is 18.4 Å². The van der Waals surface area contributed by atoms with Gasteiger partial charge >= 0.3 is 6.09 Å². The van der Waals surface area contributed by atoms with Crippen LogP contribution < -0.4 is 38.1 Å². The van der Waals surface area contributed by atoms with E-state index in [0.29, 0.717) is 6.42 Å². The number of nitrogens with two attached hydrogens (primary N) is 2. The van der Waals surface area contributed by atoms with E-state index in [1.165, 1.54) is 24.3 Å². The van der Waals surface area contributed by atoms with Gasteiger partial charge in [-0.05, 0) is 64.0 Å². The van der Waals surface area contributed by atoms with Gasteiger partial charge in [-0.1, -0.05) is 27.7 Å². The number of ether oxygens (including phenoxy) is 1. The number of nitrogens with one attached hydrogen (secondary N) is 5. The fourth-order valence-electron chi connectivity index (χ4n) is 4.14. The SMILES string of the molecule is Br.CC(C)CC(NC(=O)C(NC(=O)OC(C)(C)C)C(C)C)C(=O)NCC(=O)NC(CCCN=C(N)N)C(=O)Nc1ccc([N+](=O)[O-])cc1. The molecule has 1 rings (SSSR count). The highest BCUT2D eigenvalue weighted by molar-refractivity contribution is 8.93. The lowest BCUT2D eigenvalue weighted by atomic mass is 10.00. The van der Waals surface area contributed by atoms with Crippen molar-refractivity contribution in [1.82, 2.24) is 21.3 Å². The Balaban J connectivity index is 0.0000221. The first-order valence-corrected chi connectivity index (χ1v) is 15.3. The molecular formula is C30H50BrN9O8. The van der Waals surface area contributed by atoms with Crippen molar-refractivity contribution >= 4 is 64.0 Å². The third kappa shape index (κ3) is 17.4. The van der Waals surface area contributed by atoms with Gasteiger partial charge < -0.3 is 42.8 Å². The molecular weight excluding hydrogens is 694 g/mol.